The fourth-order valence-electron chi connectivity index (χ4n) is 0.666. The van der Waals surface area contributed by atoms with Gasteiger partial charge in [0, 0.05) is 6.42 Å². The van der Waals surface area contributed by atoms with Gasteiger partial charge in [-0.1, -0.05) is 6.58 Å². The first kappa shape index (κ1) is 11.4. The molecule has 2 nitrogen and oxygen atoms in total. The van der Waals surface area contributed by atoms with E-state index >= 15 is 0 Å². The molecule has 0 radical (unpaired) electrons. The molecule has 0 aliphatic heterocycles. The van der Waals surface area contributed by atoms with Crippen LogP contribution in [0.4, 0.5) is 0 Å². The number of ketones is 2. The molecule has 0 saturated heterocycles. The largest absolute Gasteiger partial charge is 0.299 e. The van der Waals surface area contributed by atoms with E-state index in [1.54, 1.807) is 18.7 Å². The van der Waals surface area contributed by atoms with Crippen molar-refractivity contribution in [2.75, 3.05) is 11.5 Å². The summed E-state index contributed by atoms with van der Waals surface area (Å²) < 4.78 is 0. The van der Waals surface area contributed by atoms with Gasteiger partial charge in [-0.15, -0.1) is 0 Å². The van der Waals surface area contributed by atoms with Crippen molar-refractivity contribution in [2.24, 2.45) is 0 Å². The van der Waals surface area contributed by atoms with E-state index in [1.807, 2.05) is 0 Å². The molecule has 0 saturated carbocycles. The summed E-state index contributed by atoms with van der Waals surface area (Å²) in [6.07, 6.45) is 2.73. The van der Waals surface area contributed by atoms with Crippen molar-refractivity contribution < 1.29 is 9.59 Å². The molecular weight excluding hydrogens is 172 g/mol. The molecule has 68 valence electrons. The van der Waals surface area contributed by atoms with E-state index < -0.39 is 0 Å². The molecule has 0 bridgehead atoms. The molecule has 0 amide bonds. The van der Waals surface area contributed by atoms with Crippen LogP contribution in [0.15, 0.2) is 12.7 Å². The van der Waals surface area contributed by atoms with Crippen molar-refractivity contribution in [3.63, 3.8) is 0 Å². The number of thioether (sulfide) groups is 1. The predicted molar refractivity (Wildman–Crippen MR) is 52.4 cm³/mol. The van der Waals surface area contributed by atoms with Crippen LogP contribution in [0.2, 0.25) is 0 Å². The van der Waals surface area contributed by atoms with Crippen LogP contribution in [0.3, 0.4) is 0 Å². The first-order valence-electron chi connectivity index (χ1n) is 3.89. The maximum Gasteiger partial charge on any atom is 0.155 e. The first-order chi connectivity index (χ1) is 5.66. The van der Waals surface area contributed by atoms with Gasteiger partial charge in [-0.25, -0.2) is 0 Å². The second-order valence-corrected chi connectivity index (χ2v) is 3.63. The Morgan fingerprint density at radius 3 is 2.67 bits per heavy atom. The summed E-state index contributed by atoms with van der Waals surface area (Å²) in [5.74, 6) is 1.70. The van der Waals surface area contributed by atoms with Gasteiger partial charge < -0.3 is 0 Å². The first-order valence-corrected chi connectivity index (χ1v) is 5.04. The normalized spacial score (nSPS) is 9.42. The molecule has 0 unspecified atom stereocenters. The van der Waals surface area contributed by atoms with E-state index in [0.29, 0.717) is 12.2 Å². The van der Waals surface area contributed by atoms with Crippen LogP contribution < -0.4 is 0 Å². The van der Waals surface area contributed by atoms with Crippen molar-refractivity contribution in [1.82, 2.24) is 0 Å². The van der Waals surface area contributed by atoms with Crippen molar-refractivity contribution in [2.45, 2.75) is 19.8 Å². The third-order valence-electron chi connectivity index (χ3n) is 1.24. The highest BCUT2D eigenvalue weighted by Crippen LogP contribution is 2.04. The molecule has 0 fully saturated rings. The van der Waals surface area contributed by atoms with Gasteiger partial charge in [-0.05, 0) is 25.2 Å². The van der Waals surface area contributed by atoms with Crippen LogP contribution in [-0.4, -0.2) is 23.1 Å². The lowest BCUT2D eigenvalue weighted by Crippen LogP contribution is -1.97. The highest BCUT2D eigenvalue weighted by atomic mass is 32.2. The molecule has 0 spiro atoms. The van der Waals surface area contributed by atoms with Crippen molar-refractivity contribution in [3.8, 4) is 0 Å². The Hall–Kier alpha value is -0.570. The van der Waals surface area contributed by atoms with Gasteiger partial charge >= 0.3 is 0 Å². The van der Waals surface area contributed by atoms with Crippen LogP contribution in [0.1, 0.15) is 19.8 Å². The topological polar surface area (TPSA) is 34.1 Å². The number of hydrogen-bond acceptors (Lipinski definition) is 3. The summed E-state index contributed by atoms with van der Waals surface area (Å²) in [6.45, 7) is 4.95. The van der Waals surface area contributed by atoms with Gasteiger partial charge in [0.25, 0.3) is 0 Å². The Labute approximate surface area is 77.4 Å². The number of rotatable bonds is 7. The molecule has 0 rings (SSSR count). The third-order valence-corrected chi connectivity index (χ3v) is 2.43. The van der Waals surface area contributed by atoms with Gasteiger partial charge in [0.05, 0.1) is 5.75 Å². The van der Waals surface area contributed by atoms with Gasteiger partial charge in [0.15, 0.2) is 5.78 Å². The minimum absolute atomic E-state index is 0.0819. The molecule has 0 heterocycles. The van der Waals surface area contributed by atoms with Crippen molar-refractivity contribution in [3.05, 3.63) is 12.7 Å². The summed E-state index contributed by atoms with van der Waals surface area (Å²) in [5, 5.41) is 0. The fraction of sp³-hybridized carbons (Fsp3) is 0.556. The van der Waals surface area contributed by atoms with Crippen molar-refractivity contribution in [1.29, 1.82) is 0 Å². The van der Waals surface area contributed by atoms with E-state index in [1.165, 1.54) is 6.08 Å². The number of carbonyl (C=O) groups is 2. The molecule has 0 N–H and O–H groups in total. The zero-order chi connectivity index (χ0) is 9.40. The molecule has 0 aliphatic carbocycles. The maximum atomic E-state index is 10.7. The Bertz CT molecular complexity index is 175. The molecule has 12 heavy (non-hydrogen) atoms. The molecule has 3 heteroatoms. The summed E-state index contributed by atoms with van der Waals surface area (Å²) in [6, 6.07) is 0. The molecule has 0 atom stereocenters. The zero-order valence-electron chi connectivity index (χ0n) is 7.34. The SMILES string of the molecule is C=CC(=O)CCCSCC(C)=O. The van der Waals surface area contributed by atoms with Crippen LogP contribution in [0.5, 0.6) is 0 Å². The lowest BCUT2D eigenvalue weighted by molar-refractivity contribution is -0.115. The van der Waals surface area contributed by atoms with E-state index in [-0.39, 0.29) is 11.6 Å². The van der Waals surface area contributed by atoms with E-state index in [9.17, 15) is 9.59 Å². The molecule has 0 aromatic heterocycles. The summed E-state index contributed by atoms with van der Waals surface area (Å²) in [4.78, 5) is 21.2. The average molecular weight is 186 g/mol. The van der Waals surface area contributed by atoms with Gasteiger partial charge in [0.1, 0.15) is 5.78 Å². The quantitative estimate of drug-likeness (QED) is 0.449. The van der Waals surface area contributed by atoms with E-state index in [0.717, 1.165) is 12.2 Å². The number of carbonyl (C=O) groups excluding carboxylic acids is 2. The average Bonchev–Trinajstić information content (AvgIpc) is 2.03. The highest BCUT2D eigenvalue weighted by Gasteiger charge is 1.97. The second kappa shape index (κ2) is 7.10. The predicted octanol–water partition coefficient (Wildman–Crippen LogP) is 1.84. The van der Waals surface area contributed by atoms with Crippen LogP contribution in [0.25, 0.3) is 0 Å². The summed E-state index contributed by atoms with van der Waals surface area (Å²) >= 11 is 1.58. The molecule has 0 aromatic carbocycles. The summed E-state index contributed by atoms with van der Waals surface area (Å²) in [5.41, 5.74) is 0. The molecule has 0 aliphatic rings. The van der Waals surface area contributed by atoms with Crippen LogP contribution >= 0.6 is 11.8 Å². The Morgan fingerprint density at radius 2 is 2.17 bits per heavy atom. The van der Waals surface area contributed by atoms with Crippen molar-refractivity contribution >= 4 is 23.3 Å². The lowest BCUT2D eigenvalue weighted by Gasteiger charge is -1.96. The van der Waals surface area contributed by atoms with Gasteiger partial charge in [-0.3, -0.25) is 9.59 Å². The molecular formula is C9H14O2S. The fourth-order valence-corrected chi connectivity index (χ4v) is 1.45. The third kappa shape index (κ3) is 7.54. The Morgan fingerprint density at radius 1 is 1.50 bits per heavy atom. The standard InChI is InChI=1S/C9H14O2S/c1-3-9(11)5-4-6-12-7-8(2)10/h3H,1,4-7H2,2H3. The summed E-state index contributed by atoms with van der Waals surface area (Å²) in [7, 11) is 0. The zero-order valence-corrected chi connectivity index (χ0v) is 8.15. The number of Topliss-reactive ketones (excluding diaryl/α,β-unsaturated/α-hetero) is 1. The van der Waals surface area contributed by atoms with Crippen LogP contribution in [0, 0.1) is 0 Å². The number of hydrogen-bond donors (Lipinski definition) is 0. The number of allylic oxidation sites excluding steroid dienone is 1. The van der Waals surface area contributed by atoms with Gasteiger partial charge in [-0.2, -0.15) is 11.8 Å². The molecule has 0 aromatic rings. The van der Waals surface area contributed by atoms with E-state index in [2.05, 4.69) is 6.58 Å². The monoisotopic (exact) mass is 186 g/mol. The lowest BCUT2D eigenvalue weighted by atomic mass is 10.2. The maximum absolute atomic E-state index is 10.7. The van der Waals surface area contributed by atoms with Gasteiger partial charge in [0.2, 0.25) is 0 Å². The minimum atomic E-state index is 0.0819. The smallest absolute Gasteiger partial charge is 0.155 e. The second-order valence-electron chi connectivity index (χ2n) is 2.53. The minimum Gasteiger partial charge on any atom is -0.299 e. The Kier molecular flexibility index (Phi) is 6.76. The van der Waals surface area contributed by atoms with E-state index in [4.69, 9.17) is 0 Å². The van der Waals surface area contributed by atoms with Crippen LogP contribution in [-0.2, 0) is 9.59 Å². The highest BCUT2D eigenvalue weighted by molar-refractivity contribution is 7.99. The Balaban J connectivity index is 3.16.